The van der Waals surface area contributed by atoms with Crippen LogP contribution < -0.4 is 10.2 Å². The second-order valence-corrected chi connectivity index (χ2v) is 6.93. The van der Waals surface area contributed by atoms with E-state index in [1.54, 1.807) is 30.3 Å². The number of para-hydroxylation sites is 1. The number of amides is 4. The van der Waals surface area contributed by atoms with E-state index < -0.39 is 12.1 Å². The largest absolute Gasteiger partial charge is 0.332 e. The highest BCUT2D eigenvalue weighted by atomic mass is 16.2. The van der Waals surface area contributed by atoms with Crippen LogP contribution in [0.5, 0.6) is 0 Å². The Morgan fingerprint density at radius 1 is 1.07 bits per heavy atom. The van der Waals surface area contributed by atoms with Crippen molar-refractivity contribution in [2.45, 2.75) is 39.3 Å². The number of carbonyl (C=O) groups excluding carboxylic acids is 3. The smallest absolute Gasteiger partial charge is 0.326 e. The number of nitrogens with one attached hydrogen (secondary N) is 1. The minimum Gasteiger partial charge on any atom is -0.326 e. The summed E-state index contributed by atoms with van der Waals surface area (Å²) < 4.78 is 0. The van der Waals surface area contributed by atoms with Crippen molar-refractivity contribution >= 4 is 29.2 Å². The lowest BCUT2D eigenvalue weighted by Crippen LogP contribution is -2.42. The first-order chi connectivity index (χ1) is 12.9. The summed E-state index contributed by atoms with van der Waals surface area (Å²) in [7, 11) is 0. The molecule has 3 rings (SSSR count). The van der Waals surface area contributed by atoms with Gasteiger partial charge in [-0.15, -0.1) is 0 Å². The van der Waals surface area contributed by atoms with E-state index in [1.165, 1.54) is 9.80 Å². The highest BCUT2D eigenvalue weighted by molar-refractivity contribution is 6.22. The molecule has 1 aliphatic rings. The highest BCUT2D eigenvalue weighted by Crippen LogP contribution is 2.29. The van der Waals surface area contributed by atoms with Crippen molar-refractivity contribution in [3.05, 3.63) is 60.2 Å². The molecule has 0 aromatic heterocycles. The Labute approximate surface area is 158 Å². The molecule has 1 saturated heterocycles. The Kier molecular flexibility index (Phi) is 5.26. The average Bonchev–Trinajstić information content (AvgIpc) is 2.86. The number of carbonyl (C=O) groups is 3. The number of nitrogens with zero attached hydrogens (tertiary/aromatic N) is 2. The molecule has 1 aliphatic heterocycles. The second kappa shape index (κ2) is 7.61. The third kappa shape index (κ3) is 3.84. The fraction of sp³-hybridized carbons (Fsp3) is 0.286. The van der Waals surface area contributed by atoms with Gasteiger partial charge in [0.2, 0.25) is 5.91 Å². The van der Waals surface area contributed by atoms with Crippen LogP contribution in [0.3, 0.4) is 0 Å². The minimum absolute atomic E-state index is 0.0834. The van der Waals surface area contributed by atoms with Crippen LogP contribution in [0, 0.1) is 6.92 Å². The van der Waals surface area contributed by atoms with Crippen LogP contribution in [0.2, 0.25) is 0 Å². The fourth-order valence-electron chi connectivity index (χ4n) is 3.29. The fourth-order valence-corrected chi connectivity index (χ4v) is 3.29. The van der Waals surface area contributed by atoms with E-state index >= 15 is 0 Å². The standard InChI is InChI=1S/C21H23N3O3/c1-14(2)23-18(13-19(25)22-16-9-5-4-6-10-16)20(26)24(21(23)27)17-11-7-8-15(3)12-17/h4-12,14,18H,13H2,1-3H3,(H,22,25)/t18-/m0/s1. The lowest BCUT2D eigenvalue weighted by molar-refractivity contribution is -0.124. The quantitative estimate of drug-likeness (QED) is 0.824. The van der Waals surface area contributed by atoms with E-state index in [2.05, 4.69) is 5.32 Å². The molecular weight excluding hydrogens is 342 g/mol. The molecule has 0 saturated carbocycles. The van der Waals surface area contributed by atoms with Crippen LogP contribution in [0.25, 0.3) is 0 Å². The summed E-state index contributed by atoms with van der Waals surface area (Å²) in [5, 5.41) is 2.78. The van der Waals surface area contributed by atoms with Gasteiger partial charge in [0.25, 0.3) is 5.91 Å². The SMILES string of the molecule is Cc1cccc(N2C(=O)[C@H](CC(=O)Nc3ccccc3)N(C(C)C)C2=O)c1. The van der Waals surface area contributed by atoms with Gasteiger partial charge in [-0.3, -0.25) is 9.59 Å². The van der Waals surface area contributed by atoms with Gasteiger partial charge in [0.05, 0.1) is 12.1 Å². The Morgan fingerprint density at radius 2 is 1.78 bits per heavy atom. The Bertz CT molecular complexity index is 864. The maximum Gasteiger partial charge on any atom is 0.332 e. The molecule has 6 nitrogen and oxygen atoms in total. The molecule has 0 unspecified atom stereocenters. The van der Waals surface area contributed by atoms with E-state index in [0.29, 0.717) is 11.4 Å². The molecule has 1 N–H and O–H groups in total. The molecule has 0 aliphatic carbocycles. The van der Waals surface area contributed by atoms with Crippen molar-refractivity contribution in [3.8, 4) is 0 Å². The molecule has 27 heavy (non-hydrogen) atoms. The topological polar surface area (TPSA) is 69.7 Å². The summed E-state index contributed by atoms with van der Waals surface area (Å²) in [5.74, 6) is -0.674. The summed E-state index contributed by atoms with van der Waals surface area (Å²) in [5.41, 5.74) is 2.14. The Morgan fingerprint density at radius 3 is 2.41 bits per heavy atom. The lowest BCUT2D eigenvalue weighted by atomic mass is 10.1. The van der Waals surface area contributed by atoms with Crippen molar-refractivity contribution in [3.63, 3.8) is 0 Å². The Hall–Kier alpha value is -3.15. The van der Waals surface area contributed by atoms with Gasteiger partial charge in [-0.25, -0.2) is 9.69 Å². The molecule has 0 bridgehead atoms. The first kappa shape index (κ1) is 18.6. The lowest BCUT2D eigenvalue weighted by Gasteiger charge is -2.25. The second-order valence-electron chi connectivity index (χ2n) is 6.93. The first-order valence-corrected chi connectivity index (χ1v) is 8.96. The molecule has 140 valence electrons. The van der Waals surface area contributed by atoms with E-state index in [9.17, 15) is 14.4 Å². The number of hydrogen-bond acceptors (Lipinski definition) is 3. The molecule has 1 atom stereocenters. The molecule has 0 radical (unpaired) electrons. The summed E-state index contributed by atoms with van der Waals surface area (Å²) in [6.07, 6.45) is -0.0834. The van der Waals surface area contributed by atoms with Crippen LogP contribution in [0.15, 0.2) is 54.6 Å². The zero-order chi connectivity index (χ0) is 19.6. The minimum atomic E-state index is -0.818. The van der Waals surface area contributed by atoms with Crippen LogP contribution in [0.4, 0.5) is 16.2 Å². The zero-order valence-electron chi connectivity index (χ0n) is 15.7. The Balaban J connectivity index is 1.83. The number of aryl methyl sites for hydroxylation is 1. The van der Waals surface area contributed by atoms with E-state index in [1.807, 2.05) is 45.0 Å². The molecule has 4 amide bonds. The number of rotatable bonds is 5. The summed E-state index contributed by atoms with van der Waals surface area (Å²) in [6.45, 7) is 5.58. The summed E-state index contributed by atoms with van der Waals surface area (Å²) >= 11 is 0. The van der Waals surface area contributed by atoms with E-state index in [4.69, 9.17) is 0 Å². The molecule has 2 aromatic rings. The molecule has 1 heterocycles. The number of imide groups is 1. The van der Waals surface area contributed by atoms with Crippen molar-refractivity contribution in [2.24, 2.45) is 0 Å². The molecule has 2 aromatic carbocycles. The van der Waals surface area contributed by atoms with Gasteiger partial charge < -0.3 is 10.2 Å². The van der Waals surface area contributed by atoms with Gasteiger partial charge in [0, 0.05) is 11.7 Å². The van der Waals surface area contributed by atoms with Crippen molar-refractivity contribution in [1.29, 1.82) is 0 Å². The van der Waals surface area contributed by atoms with Crippen molar-refractivity contribution in [2.75, 3.05) is 10.2 Å². The van der Waals surface area contributed by atoms with E-state index in [-0.39, 0.29) is 24.3 Å². The summed E-state index contributed by atoms with van der Waals surface area (Å²) in [4.78, 5) is 41.1. The van der Waals surface area contributed by atoms with Gasteiger partial charge in [-0.1, -0.05) is 30.3 Å². The monoisotopic (exact) mass is 365 g/mol. The van der Waals surface area contributed by atoms with Crippen LogP contribution in [-0.4, -0.2) is 34.8 Å². The first-order valence-electron chi connectivity index (χ1n) is 8.96. The third-order valence-electron chi connectivity index (χ3n) is 4.51. The van der Waals surface area contributed by atoms with Crippen molar-refractivity contribution < 1.29 is 14.4 Å². The van der Waals surface area contributed by atoms with Gasteiger partial charge in [-0.05, 0) is 50.6 Å². The van der Waals surface area contributed by atoms with E-state index in [0.717, 1.165) is 5.56 Å². The molecule has 0 spiro atoms. The van der Waals surface area contributed by atoms with Gasteiger partial charge >= 0.3 is 6.03 Å². The highest BCUT2D eigenvalue weighted by Gasteiger charge is 2.47. The summed E-state index contributed by atoms with van der Waals surface area (Å²) in [6, 6.07) is 14.9. The van der Waals surface area contributed by atoms with Gasteiger partial charge in [0.15, 0.2) is 0 Å². The number of urea groups is 1. The normalized spacial score (nSPS) is 17.0. The average molecular weight is 365 g/mol. The predicted octanol–water partition coefficient (Wildman–Crippen LogP) is 3.57. The van der Waals surface area contributed by atoms with Gasteiger partial charge in [0.1, 0.15) is 6.04 Å². The van der Waals surface area contributed by atoms with Crippen LogP contribution in [0.1, 0.15) is 25.8 Å². The molecular formula is C21H23N3O3. The maximum atomic E-state index is 13.0. The van der Waals surface area contributed by atoms with Crippen molar-refractivity contribution in [1.82, 2.24) is 4.90 Å². The number of hydrogen-bond donors (Lipinski definition) is 1. The molecule has 1 fully saturated rings. The number of anilines is 2. The predicted molar refractivity (Wildman–Crippen MR) is 105 cm³/mol. The maximum absolute atomic E-state index is 13.0. The third-order valence-corrected chi connectivity index (χ3v) is 4.51. The molecule has 6 heteroatoms. The van der Waals surface area contributed by atoms with Crippen LogP contribution >= 0.6 is 0 Å². The van der Waals surface area contributed by atoms with Gasteiger partial charge in [-0.2, -0.15) is 0 Å². The number of benzene rings is 2. The van der Waals surface area contributed by atoms with Crippen LogP contribution in [-0.2, 0) is 9.59 Å². The zero-order valence-corrected chi connectivity index (χ0v) is 15.7.